The van der Waals surface area contributed by atoms with Crippen LogP contribution in [0.5, 0.6) is 0 Å². The quantitative estimate of drug-likeness (QED) is 0.437. The largest absolute Gasteiger partial charge is 0.444 e. The fraction of sp³-hybridized carbons (Fsp3) is 0.640. The SMILES string of the molecule is C[C@H]1[C@@H](c2ccccc2)N1C(=O)[C@H](CCCCNC(=O)OC(C)(C)C)NC(=O)OC(C)(C)C. The van der Waals surface area contributed by atoms with Crippen LogP contribution in [0.4, 0.5) is 9.59 Å². The molecule has 1 aromatic carbocycles. The summed E-state index contributed by atoms with van der Waals surface area (Å²) in [6.07, 6.45) is 0.652. The molecule has 2 N–H and O–H groups in total. The van der Waals surface area contributed by atoms with E-state index in [1.165, 1.54) is 0 Å². The van der Waals surface area contributed by atoms with Crippen LogP contribution in [0.15, 0.2) is 30.3 Å². The summed E-state index contributed by atoms with van der Waals surface area (Å²) in [5.41, 5.74) is -0.130. The fourth-order valence-corrected chi connectivity index (χ4v) is 3.64. The molecular formula is C25H39N3O5. The number of unbranched alkanes of at least 4 members (excludes halogenated alkanes) is 1. The van der Waals surface area contributed by atoms with Gasteiger partial charge in [-0.1, -0.05) is 30.3 Å². The van der Waals surface area contributed by atoms with Crippen LogP contribution >= 0.6 is 0 Å². The number of amides is 3. The average molecular weight is 462 g/mol. The van der Waals surface area contributed by atoms with Crippen LogP contribution in [0.25, 0.3) is 0 Å². The third-order valence-electron chi connectivity index (χ3n) is 5.08. The van der Waals surface area contributed by atoms with Crippen LogP contribution in [0, 0.1) is 0 Å². The molecule has 0 unspecified atom stereocenters. The summed E-state index contributed by atoms with van der Waals surface area (Å²) in [5.74, 6) is -0.123. The van der Waals surface area contributed by atoms with Crippen molar-refractivity contribution in [3.8, 4) is 0 Å². The number of hydrogen-bond donors (Lipinski definition) is 2. The minimum Gasteiger partial charge on any atom is -0.444 e. The van der Waals surface area contributed by atoms with Gasteiger partial charge in [0.1, 0.15) is 17.2 Å². The lowest BCUT2D eigenvalue weighted by atomic mass is 10.1. The standard InChI is InChI=1S/C25H39N3O5/c1-17-20(18-13-9-8-10-14-18)28(17)21(29)19(27-23(31)33-25(5,6)7)15-11-12-16-26-22(30)32-24(2,3)4/h8-10,13-14,17,19-20H,11-12,15-16H2,1-7H3,(H,26,30)(H,27,31)/t17-,19-,20-,28?/m0/s1. The maximum absolute atomic E-state index is 13.3. The Kier molecular flexibility index (Phi) is 8.75. The molecular weight excluding hydrogens is 422 g/mol. The lowest BCUT2D eigenvalue weighted by molar-refractivity contribution is -0.129. The van der Waals surface area contributed by atoms with E-state index in [2.05, 4.69) is 10.6 Å². The molecule has 0 bridgehead atoms. The highest BCUT2D eigenvalue weighted by molar-refractivity contribution is 5.88. The van der Waals surface area contributed by atoms with E-state index in [0.717, 1.165) is 5.56 Å². The van der Waals surface area contributed by atoms with Gasteiger partial charge >= 0.3 is 12.2 Å². The maximum Gasteiger partial charge on any atom is 0.408 e. The predicted octanol–water partition coefficient (Wildman–Crippen LogP) is 4.55. The highest BCUT2D eigenvalue weighted by Crippen LogP contribution is 2.43. The number of carbonyl (C=O) groups excluding carboxylic acids is 3. The zero-order valence-electron chi connectivity index (χ0n) is 20.9. The van der Waals surface area contributed by atoms with Gasteiger partial charge in [-0.25, -0.2) is 9.59 Å². The molecule has 1 aliphatic rings. The van der Waals surface area contributed by atoms with Crippen molar-refractivity contribution in [3.63, 3.8) is 0 Å². The first-order chi connectivity index (χ1) is 15.3. The summed E-state index contributed by atoms with van der Waals surface area (Å²) in [6.45, 7) is 13.2. The lowest BCUT2D eigenvalue weighted by Gasteiger charge is -2.24. The number of nitrogens with one attached hydrogen (secondary N) is 2. The molecule has 1 heterocycles. The molecule has 3 amide bonds. The fourth-order valence-electron chi connectivity index (χ4n) is 3.64. The van der Waals surface area contributed by atoms with E-state index < -0.39 is 29.4 Å². The van der Waals surface area contributed by atoms with Gasteiger partial charge in [0.2, 0.25) is 5.91 Å². The van der Waals surface area contributed by atoms with Crippen molar-refractivity contribution < 1.29 is 23.9 Å². The topological polar surface area (TPSA) is 96.7 Å². The van der Waals surface area contributed by atoms with Gasteiger partial charge in [-0.05, 0) is 73.3 Å². The highest BCUT2D eigenvalue weighted by atomic mass is 16.6. The molecule has 8 heteroatoms. The minimum absolute atomic E-state index is 0.00970. The number of benzene rings is 1. The van der Waals surface area contributed by atoms with Crippen LogP contribution < -0.4 is 10.6 Å². The van der Waals surface area contributed by atoms with Gasteiger partial charge in [-0.3, -0.25) is 4.79 Å². The number of hydrogen-bond acceptors (Lipinski definition) is 5. The second-order valence-corrected chi connectivity index (χ2v) is 10.5. The second kappa shape index (κ2) is 10.9. The van der Waals surface area contributed by atoms with Gasteiger partial charge in [-0.2, -0.15) is 0 Å². The molecule has 8 nitrogen and oxygen atoms in total. The number of ether oxygens (including phenoxy) is 2. The van der Waals surface area contributed by atoms with E-state index in [9.17, 15) is 14.4 Å². The first kappa shape index (κ1) is 26.5. The summed E-state index contributed by atoms with van der Waals surface area (Å²) >= 11 is 0. The van der Waals surface area contributed by atoms with Gasteiger partial charge in [-0.15, -0.1) is 0 Å². The number of rotatable bonds is 8. The van der Waals surface area contributed by atoms with Gasteiger partial charge in [0, 0.05) is 6.54 Å². The Morgan fingerprint density at radius 3 is 2.09 bits per heavy atom. The van der Waals surface area contributed by atoms with Crippen LogP contribution in [-0.4, -0.2) is 52.8 Å². The van der Waals surface area contributed by atoms with E-state index in [1.807, 2.05) is 58.0 Å². The van der Waals surface area contributed by atoms with E-state index in [0.29, 0.717) is 25.8 Å². The van der Waals surface area contributed by atoms with Crippen molar-refractivity contribution in [2.24, 2.45) is 0 Å². The third kappa shape index (κ3) is 8.94. The van der Waals surface area contributed by atoms with E-state index in [-0.39, 0.29) is 18.0 Å². The minimum atomic E-state index is -0.697. The van der Waals surface area contributed by atoms with E-state index in [1.54, 1.807) is 25.7 Å². The Bertz CT molecular complexity index is 814. The van der Waals surface area contributed by atoms with E-state index >= 15 is 0 Å². The molecule has 0 aliphatic carbocycles. The van der Waals surface area contributed by atoms with Crippen molar-refractivity contribution in [3.05, 3.63) is 35.9 Å². The van der Waals surface area contributed by atoms with Crippen LogP contribution in [0.2, 0.25) is 0 Å². The van der Waals surface area contributed by atoms with Crippen LogP contribution in [0.1, 0.15) is 79.3 Å². The molecule has 0 spiro atoms. The Labute approximate surface area is 197 Å². The lowest BCUT2D eigenvalue weighted by Crippen LogP contribution is -2.46. The predicted molar refractivity (Wildman–Crippen MR) is 127 cm³/mol. The maximum atomic E-state index is 13.3. The smallest absolute Gasteiger partial charge is 0.408 e. The molecule has 1 aromatic rings. The molecule has 1 fully saturated rings. The zero-order chi connectivity index (χ0) is 24.8. The number of carbonyl (C=O) groups is 3. The van der Waals surface area contributed by atoms with Crippen molar-refractivity contribution in [2.45, 2.75) is 97.1 Å². The Morgan fingerprint density at radius 2 is 1.52 bits per heavy atom. The second-order valence-electron chi connectivity index (χ2n) is 10.5. The van der Waals surface area contributed by atoms with Gasteiger partial charge in [0.25, 0.3) is 0 Å². The zero-order valence-corrected chi connectivity index (χ0v) is 20.9. The summed E-state index contributed by atoms with van der Waals surface area (Å²) in [7, 11) is 0. The molecule has 0 radical (unpaired) electrons. The van der Waals surface area contributed by atoms with Gasteiger partial charge in [0.15, 0.2) is 0 Å². The molecule has 1 saturated heterocycles. The highest BCUT2D eigenvalue weighted by Gasteiger charge is 2.50. The van der Waals surface area contributed by atoms with Crippen LogP contribution in [0.3, 0.4) is 0 Å². The Balaban J connectivity index is 1.94. The average Bonchev–Trinajstić information content (AvgIpc) is 3.35. The molecule has 3 atom stereocenters. The van der Waals surface area contributed by atoms with E-state index in [4.69, 9.17) is 9.47 Å². The molecule has 1 aliphatic heterocycles. The first-order valence-electron chi connectivity index (χ1n) is 11.6. The number of alkyl carbamates (subject to hydrolysis) is 2. The molecule has 0 aromatic heterocycles. The normalized spacial score (nSPS) is 18.8. The summed E-state index contributed by atoms with van der Waals surface area (Å²) < 4.78 is 10.6. The van der Waals surface area contributed by atoms with Crippen molar-refractivity contribution >= 4 is 18.1 Å². The van der Waals surface area contributed by atoms with Crippen LogP contribution in [-0.2, 0) is 14.3 Å². The van der Waals surface area contributed by atoms with Crippen molar-refractivity contribution in [1.82, 2.24) is 15.5 Å². The Morgan fingerprint density at radius 1 is 0.939 bits per heavy atom. The van der Waals surface area contributed by atoms with Gasteiger partial charge < -0.3 is 25.0 Å². The van der Waals surface area contributed by atoms with Crippen molar-refractivity contribution in [2.75, 3.05) is 6.54 Å². The summed E-state index contributed by atoms with van der Waals surface area (Å²) in [6, 6.07) is 9.25. The molecule has 33 heavy (non-hydrogen) atoms. The monoisotopic (exact) mass is 461 g/mol. The molecule has 0 saturated carbocycles. The Hall–Kier alpha value is -2.77. The van der Waals surface area contributed by atoms with Crippen molar-refractivity contribution in [1.29, 1.82) is 0 Å². The number of nitrogens with zero attached hydrogens (tertiary/aromatic N) is 1. The van der Waals surface area contributed by atoms with Gasteiger partial charge in [0.05, 0.1) is 12.1 Å². The summed E-state index contributed by atoms with van der Waals surface area (Å²) in [5, 5.41) is 5.47. The third-order valence-corrected chi connectivity index (χ3v) is 5.08. The molecule has 2 rings (SSSR count). The first-order valence-corrected chi connectivity index (χ1v) is 11.6. The summed E-state index contributed by atoms with van der Waals surface area (Å²) in [4.78, 5) is 39.3. The molecule has 184 valence electrons.